The molecule has 0 spiro atoms. The second-order valence-electron chi connectivity index (χ2n) is 13.4. The van der Waals surface area contributed by atoms with Gasteiger partial charge in [-0.25, -0.2) is 13.2 Å². The zero-order valence-electron chi connectivity index (χ0n) is 30.4. The number of halogens is 5. The molecule has 1 fully saturated rings. The van der Waals surface area contributed by atoms with E-state index in [2.05, 4.69) is 106 Å². The van der Waals surface area contributed by atoms with E-state index >= 15 is 0 Å². The fourth-order valence-electron chi connectivity index (χ4n) is 5.37. The van der Waals surface area contributed by atoms with Gasteiger partial charge < -0.3 is 15.4 Å². The van der Waals surface area contributed by atoms with Gasteiger partial charge in [0.1, 0.15) is 0 Å². The molecule has 264 valence electrons. The Labute approximate surface area is 298 Å². The Morgan fingerprint density at radius 3 is 1.12 bits per heavy atom. The van der Waals surface area contributed by atoms with Crippen LogP contribution in [0.5, 0.6) is 0 Å². The van der Waals surface area contributed by atoms with Gasteiger partial charge in [-0.05, 0) is 36.5 Å². The Balaban J connectivity index is 0.000000551. The molecule has 2 unspecified atom stereocenters. The largest absolute Gasteiger partial charge is 0.681 e. The Bertz CT molecular complexity index is 1250. The van der Waals surface area contributed by atoms with Crippen LogP contribution in [0.1, 0.15) is 134 Å². The maximum absolute atomic E-state index is 12.0. The minimum Gasteiger partial charge on any atom is -0.681 e. The molecule has 0 amide bonds. The van der Waals surface area contributed by atoms with Crippen LogP contribution in [0, 0.1) is 35.2 Å². The van der Waals surface area contributed by atoms with E-state index in [1.807, 2.05) is 0 Å². The van der Waals surface area contributed by atoms with Crippen LogP contribution in [0.2, 0.25) is 0 Å². The molecule has 9 heteroatoms. The van der Waals surface area contributed by atoms with Gasteiger partial charge in [0.05, 0.1) is 29.1 Å². The van der Waals surface area contributed by atoms with Crippen LogP contribution in [0.3, 0.4) is 0 Å². The summed E-state index contributed by atoms with van der Waals surface area (Å²) in [4.78, 5) is 0. The van der Waals surface area contributed by atoms with Gasteiger partial charge in [0, 0.05) is 32.7 Å². The van der Waals surface area contributed by atoms with Crippen molar-refractivity contribution in [3.63, 3.8) is 0 Å². The first-order valence-electron chi connectivity index (χ1n) is 16.7. The van der Waals surface area contributed by atoms with E-state index in [0.29, 0.717) is 23.7 Å². The number of hydrogen-bond acceptors (Lipinski definition) is 1. The Morgan fingerprint density at radius 1 is 0.562 bits per heavy atom. The molecule has 0 aliphatic carbocycles. The minimum atomic E-state index is -2.17. The molecule has 0 radical (unpaired) electrons. The molecule has 1 aliphatic heterocycles. The summed E-state index contributed by atoms with van der Waals surface area (Å²) in [5.74, 6) is -8.16. The van der Waals surface area contributed by atoms with Gasteiger partial charge >= 0.3 is 0 Å². The maximum Gasteiger partial charge on any atom is 0.0893 e. The number of benzene rings is 3. The third-order valence-corrected chi connectivity index (χ3v) is 7.88. The summed E-state index contributed by atoms with van der Waals surface area (Å²) < 4.78 is 64.8. The SMILES string of the molecule is C1CCOC1.CC(CC(C)[N-]c1c(C(C)C)cccc1C(C)C)[N-]c1c(C(C)C)cccc1C(C)C.Fc1[c-]c(F)c(F)c(F)c1F.[Zn]. The second kappa shape index (κ2) is 20.9. The van der Waals surface area contributed by atoms with Crippen molar-refractivity contribution in [2.75, 3.05) is 13.2 Å². The van der Waals surface area contributed by atoms with Crippen LogP contribution in [0.25, 0.3) is 10.6 Å². The molecule has 3 nitrogen and oxygen atoms in total. The molecule has 1 aliphatic rings. The van der Waals surface area contributed by atoms with Crippen LogP contribution in [0.4, 0.5) is 33.3 Å². The van der Waals surface area contributed by atoms with E-state index in [9.17, 15) is 22.0 Å². The molecule has 2 atom stereocenters. The van der Waals surface area contributed by atoms with Crippen molar-refractivity contribution in [3.05, 3.63) is 104 Å². The van der Waals surface area contributed by atoms with E-state index in [-0.39, 0.29) is 31.6 Å². The summed E-state index contributed by atoms with van der Waals surface area (Å²) in [6.07, 6.45) is 3.51. The van der Waals surface area contributed by atoms with E-state index in [0.717, 1.165) is 25.7 Å². The molecule has 48 heavy (non-hydrogen) atoms. The van der Waals surface area contributed by atoms with Gasteiger partial charge in [-0.3, -0.25) is 8.78 Å². The number of nitrogens with zero attached hydrogens (tertiary/aromatic N) is 2. The number of hydrogen-bond donors (Lipinski definition) is 0. The van der Waals surface area contributed by atoms with Crippen LogP contribution < -0.4 is 0 Å². The zero-order valence-corrected chi connectivity index (χ0v) is 33.3. The average Bonchev–Trinajstić information content (AvgIpc) is 3.59. The molecule has 0 N–H and O–H groups in total. The Morgan fingerprint density at radius 2 is 0.875 bits per heavy atom. The quantitative estimate of drug-likeness (QED) is 0.0674. The van der Waals surface area contributed by atoms with Gasteiger partial charge in [0.15, 0.2) is 0 Å². The molecule has 0 saturated carbocycles. The van der Waals surface area contributed by atoms with E-state index in [4.69, 9.17) is 15.4 Å². The first-order chi connectivity index (χ1) is 22.1. The number of rotatable bonds is 10. The van der Waals surface area contributed by atoms with Crippen molar-refractivity contribution < 1.29 is 46.2 Å². The number of para-hydroxylation sites is 2. The van der Waals surface area contributed by atoms with Crippen molar-refractivity contribution in [1.82, 2.24) is 0 Å². The molecular weight excluding hydrogens is 673 g/mol. The molecule has 4 rings (SSSR count). The Hall–Kier alpha value is -2.51. The molecule has 0 bridgehead atoms. The van der Waals surface area contributed by atoms with Gasteiger partial charge in [-0.15, -0.1) is 29.5 Å². The first-order valence-corrected chi connectivity index (χ1v) is 16.7. The molecule has 1 saturated heterocycles. The zero-order chi connectivity index (χ0) is 35.4. The Kier molecular flexibility index (Phi) is 18.9. The van der Waals surface area contributed by atoms with E-state index < -0.39 is 29.1 Å². The summed E-state index contributed by atoms with van der Waals surface area (Å²) in [7, 11) is 0. The first kappa shape index (κ1) is 43.5. The van der Waals surface area contributed by atoms with E-state index in [1.54, 1.807) is 0 Å². The summed E-state index contributed by atoms with van der Waals surface area (Å²) in [5.41, 5.74) is 7.84. The summed E-state index contributed by atoms with van der Waals surface area (Å²) in [5, 5.41) is 10.5. The van der Waals surface area contributed by atoms with Gasteiger partial charge in [-0.2, -0.15) is 0 Å². The fraction of sp³-hybridized carbons (Fsp3) is 0.538. The van der Waals surface area contributed by atoms with Gasteiger partial charge in [-0.1, -0.05) is 134 Å². The summed E-state index contributed by atoms with van der Waals surface area (Å²) in [6, 6.07) is 14.8. The normalized spacial score (nSPS) is 13.8. The standard InChI is InChI=1S/C29H44N2.C6F5.C4H8O.Zn/c1-18(2)24-13-11-14-25(19(3)4)28(24)30-22(9)17-23(10)31-29-26(20(5)6)15-12-16-27(29)21(7)8;7-2-1-3(8)5(10)6(11)4(2)9;1-2-4-5-3-1;/h11-16,18-23H,17H2,1-10H3;;1-4H2;/q-2;-1;;. The van der Waals surface area contributed by atoms with Crippen LogP contribution in [-0.2, 0) is 24.2 Å². The third-order valence-electron chi connectivity index (χ3n) is 7.88. The van der Waals surface area contributed by atoms with Gasteiger partial charge in [0.2, 0.25) is 0 Å². The molecule has 1 heterocycles. The second-order valence-corrected chi connectivity index (χ2v) is 13.4. The van der Waals surface area contributed by atoms with Crippen molar-refractivity contribution in [1.29, 1.82) is 0 Å². The van der Waals surface area contributed by atoms with Crippen molar-refractivity contribution in [2.24, 2.45) is 0 Å². The molecule has 0 aromatic heterocycles. The van der Waals surface area contributed by atoms with Gasteiger partial charge in [0.25, 0.3) is 0 Å². The van der Waals surface area contributed by atoms with Crippen molar-refractivity contribution in [3.8, 4) is 0 Å². The minimum absolute atomic E-state index is 0. The molecular formula is C39H52F5N2OZn-3. The maximum atomic E-state index is 12.0. The van der Waals surface area contributed by atoms with Crippen LogP contribution in [0.15, 0.2) is 36.4 Å². The van der Waals surface area contributed by atoms with Crippen molar-refractivity contribution in [2.45, 2.75) is 124 Å². The average molecular weight is 725 g/mol. The fourth-order valence-corrected chi connectivity index (χ4v) is 5.37. The monoisotopic (exact) mass is 723 g/mol. The summed E-state index contributed by atoms with van der Waals surface area (Å²) in [6.45, 7) is 24.6. The van der Waals surface area contributed by atoms with Crippen molar-refractivity contribution >= 4 is 11.4 Å². The molecule has 3 aromatic rings. The summed E-state index contributed by atoms with van der Waals surface area (Å²) >= 11 is 0. The predicted octanol–water partition coefficient (Wildman–Crippen LogP) is 13.0. The third kappa shape index (κ3) is 12.7. The van der Waals surface area contributed by atoms with Crippen LogP contribution >= 0.6 is 0 Å². The smallest absolute Gasteiger partial charge is 0.0893 e. The van der Waals surface area contributed by atoms with E-state index in [1.165, 1.54) is 46.5 Å². The predicted molar refractivity (Wildman–Crippen MR) is 184 cm³/mol. The van der Waals surface area contributed by atoms with Crippen LogP contribution in [-0.4, -0.2) is 25.3 Å². The molecule has 3 aromatic carbocycles. The number of ether oxygens (including phenoxy) is 1. The topological polar surface area (TPSA) is 37.4 Å².